The van der Waals surface area contributed by atoms with Crippen LogP contribution in [0, 0.1) is 0 Å². The van der Waals surface area contributed by atoms with E-state index in [-0.39, 0.29) is 12.2 Å². The number of benzene rings is 1. The van der Waals surface area contributed by atoms with Crippen LogP contribution >= 0.6 is 0 Å². The third-order valence-electron chi connectivity index (χ3n) is 4.88. The molecule has 8 nitrogen and oxygen atoms in total. The predicted octanol–water partition coefficient (Wildman–Crippen LogP) is 1.46. The van der Waals surface area contributed by atoms with Crippen LogP contribution in [-0.4, -0.2) is 51.8 Å². The number of nitrogens with one attached hydrogen (secondary N) is 1. The van der Waals surface area contributed by atoms with Crippen molar-refractivity contribution in [3.8, 4) is 5.69 Å². The number of imide groups is 1. The van der Waals surface area contributed by atoms with Gasteiger partial charge in [-0.15, -0.1) is 0 Å². The molecule has 8 heteroatoms. The highest BCUT2D eigenvalue weighted by atomic mass is 16.5. The molecular weight excluding hydrogens is 348 g/mol. The normalized spacial score (nSPS) is 16.8. The Balaban J connectivity index is 1.56. The Morgan fingerprint density at radius 2 is 2.00 bits per heavy atom. The number of amides is 3. The predicted molar refractivity (Wildman–Crippen MR) is 95.6 cm³/mol. The number of para-hydroxylation sites is 1. The van der Waals surface area contributed by atoms with Crippen LogP contribution in [0.5, 0.6) is 0 Å². The van der Waals surface area contributed by atoms with Gasteiger partial charge in [-0.25, -0.2) is 14.3 Å². The lowest BCUT2D eigenvalue weighted by atomic mass is 10.2. The number of hydrogen-bond acceptors (Lipinski definition) is 5. The van der Waals surface area contributed by atoms with Crippen molar-refractivity contribution in [2.24, 2.45) is 0 Å². The molecule has 0 radical (unpaired) electrons. The van der Waals surface area contributed by atoms with Crippen LogP contribution in [-0.2, 0) is 22.4 Å². The third kappa shape index (κ3) is 3.07. The Morgan fingerprint density at radius 3 is 2.70 bits per heavy atom. The van der Waals surface area contributed by atoms with Crippen LogP contribution < -0.4 is 5.32 Å². The van der Waals surface area contributed by atoms with Crippen molar-refractivity contribution in [3.63, 3.8) is 0 Å². The van der Waals surface area contributed by atoms with E-state index >= 15 is 0 Å². The third-order valence-corrected chi connectivity index (χ3v) is 4.88. The summed E-state index contributed by atoms with van der Waals surface area (Å²) in [6.45, 7) is 2.15. The summed E-state index contributed by atoms with van der Waals surface area (Å²) in [6.07, 6.45) is 1.49. The second-order valence-electron chi connectivity index (χ2n) is 6.64. The standard InChI is InChI=1S/C19H20N4O4/c1-12(17(24)22-11-10-20-19(22)26)27-18(25)16-14-8-5-9-15(14)23(21-16)13-6-3-2-4-7-13/h2-4,6-7,12H,5,8-11H2,1H3,(H,20,26)/t12-/m1/s1. The largest absolute Gasteiger partial charge is 0.448 e. The lowest BCUT2D eigenvalue weighted by Crippen LogP contribution is -2.41. The molecule has 4 rings (SSSR count). The number of carbonyl (C=O) groups excluding carboxylic acids is 3. The molecule has 27 heavy (non-hydrogen) atoms. The maximum absolute atomic E-state index is 12.7. The van der Waals surface area contributed by atoms with Gasteiger partial charge in [0, 0.05) is 24.3 Å². The minimum Gasteiger partial charge on any atom is -0.448 e. The number of carbonyl (C=O) groups is 3. The molecule has 3 amide bonds. The van der Waals surface area contributed by atoms with E-state index in [1.54, 1.807) is 4.68 Å². The number of rotatable bonds is 4. The Hall–Kier alpha value is -3.16. The van der Waals surface area contributed by atoms with Crippen molar-refractivity contribution in [2.45, 2.75) is 32.3 Å². The molecule has 0 bridgehead atoms. The zero-order valence-electron chi connectivity index (χ0n) is 15.0. The fourth-order valence-corrected chi connectivity index (χ4v) is 3.55. The van der Waals surface area contributed by atoms with Crippen molar-refractivity contribution < 1.29 is 19.1 Å². The van der Waals surface area contributed by atoms with E-state index < -0.39 is 24.0 Å². The monoisotopic (exact) mass is 368 g/mol. The highest BCUT2D eigenvalue weighted by molar-refractivity contribution is 5.99. The van der Waals surface area contributed by atoms with E-state index in [1.807, 2.05) is 30.3 Å². The van der Waals surface area contributed by atoms with E-state index in [0.29, 0.717) is 6.54 Å². The van der Waals surface area contributed by atoms with E-state index in [1.165, 1.54) is 6.92 Å². The van der Waals surface area contributed by atoms with Gasteiger partial charge in [0.1, 0.15) is 0 Å². The molecule has 1 aromatic heterocycles. The first-order valence-corrected chi connectivity index (χ1v) is 9.02. The van der Waals surface area contributed by atoms with Gasteiger partial charge >= 0.3 is 12.0 Å². The topological polar surface area (TPSA) is 93.5 Å². The van der Waals surface area contributed by atoms with Gasteiger partial charge in [0.15, 0.2) is 11.8 Å². The zero-order chi connectivity index (χ0) is 19.0. The molecule has 0 saturated carbocycles. The first kappa shape index (κ1) is 17.3. The Bertz CT molecular complexity index is 906. The molecule has 140 valence electrons. The fraction of sp³-hybridized carbons (Fsp3) is 0.368. The molecule has 1 aromatic carbocycles. The van der Waals surface area contributed by atoms with Gasteiger partial charge in [-0.05, 0) is 38.3 Å². The summed E-state index contributed by atoms with van der Waals surface area (Å²) >= 11 is 0. The average molecular weight is 368 g/mol. The van der Waals surface area contributed by atoms with Crippen molar-refractivity contribution in [2.75, 3.05) is 13.1 Å². The average Bonchev–Trinajstić information content (AvgIpc) is 3.37. The van der Waals surface area contributed by atoms with Gasteiger partial charge in [0.2, 0.25) is 0 Å². The Morgan fingerprint density at radius 1 is 1.22 bits per heavy atom. The molecule has 1 fully saturated rings. The lowest BCUT2D eigenvalue weighted by molar-refractivity contribution is -0.136. The summed E-state index contributed by atoms with van der Waals surface area (Å²) in [4.78, 5) is 37.7. The number of fused-ring (bicyclic) bond motifs is 1. The van der Waals surface area contributed by atoms with E-state index in [2.05, 4.69) is 10.4 Å². The van der Waals surface area contributed by atoms with Crippen LogP contribution in [0.4, 0.5) is 4.79 Å². The molecule has 2 aliphatic rings. The summed E-state index contributed by atoms with van der Waals surface area (Å²) in [5.41, 5.74) is 3.01. The lowest BCUT2D eigenvalue weighted by Gasteiger charge is -2.17. The number of urea groups is 1. The molecule has 2 heterocycles. The summed E-state index contributed by atoms with van der Waals surface area (Å²) < 4.78 is 7.12. The van der Waals surface area contributed by atoms with E-state index in [4.69, 9.17) is 4.74 Å². The summed E-state index contributed by atoms with van der Waals surface area (Å²) in [6, 6.07) is 9.15. The SMILES string of the molecule is C[C@@H](OC(=O)c1nn(-c2ccccc2)c2c1CCC2)C(=O)N1CCNC1=O. The molecule has 1 saturated heterocycles. The number of esters is 1. The number of hydrogen-bond donors (Lipinski definition) is 1. The summed E-state index contributed by atoms with van der Waals surface area (Å²) in [5.74, 6) is -1.17. The maximum Gasteiger partial charge on any atom is 0.359 e. The minimum atomic E-state index is -1.06. The summed E-state index contributed by atoms with van der Waals surface area (Å²) in [7, 11) is 0. The van der Waals surface area contributed by atoms with Gasteiger partial charge in [-0.1, -0.05) is 18.2 Å². The number of nitrogens with zero attached hydrogens (tertiary/aromatic N) is 3. The number of aromatic nitrogens is 2. The van der Waals surface area contributed by atoms with E-state index in [9.17, 15) is 14.4 Å². The molecule has 1 aliphatic heterocycles. The maximum atomic E-state index is 12.7. The summed E-state index contributed by atoms with van der Waals surface area (Å²) in [5, 5.41) is 7.02. The Kier molecular flexibility index (Phi) is 4.39. The first-order valence-electron chi connectivity index (χ1n) is 9.02. The van der Waals surface area contributed by atoms with Crippen molar-refractivity contribution in [1.29, 1.82) is 0 Å². The highest BCUT2D eigenvalue weighted by Gasteiger charge is 2.34. The van der Waals surface area contributed by atoms with Crippen molar-refractivity contribution >= 4 is 17.9 Å². The molecule has 1 atom stereocenters. The molecule has 1 aliphatic carbocycles. The zero-order valence-corrected chi connectivity index (χ0v) is 15.0. The molecular formula is C19H20N4O4. The Labute approximate surface area is 156 Å². The van der Waals surface area contributed by atoms with Crippen LogP contribution in [0.15, 0.2) is 30.3 Å². The van der Waals surface area contributed by atoms with Crippen LogP contribution in [0.25, 0.3) is 5.69 Å². The van der Waals surface area contributed by atoms with Gasteiger partial charge < -0.3 is 10.1 Å². The van der Waals surface area contributed by atoms with Crippen molar-refractivity contribution in [3.05, 3.63) is 47.3 Å². The van der Waals surface area contributed by atoms with Gasteiger partial charge in [0.05, 0.1) is 5.69 Å². The smallest absolute Gasteiger partial charge is 0.359 e. The van der Waals surface area contributed by atoms with Crippen LogP contribution in [0.2, 0.25) is 0 Å². The highest BCUT2D eigenvalue weighted by Crippen LogP contribution is 2.28. The molecule has 1 N–H and O–H groups in total. The fourth-order valence-electron chi connectivity index (χ4n) is 3.55. The van der Waals surface area contributed by atoms with Gasteiger partial charge in [0.25, 0.3) is 5.91 Å². The molecule has 0 unspecified atom stereocenters. The van der Waals surface area contributed by atoms with Crippen molar-refractivity contribution in [1.82, 2.24) is 20.0 Å². The number of ether oxygens (including phenoxy) is 1. The van der Waals surface area contributed by atoms with Gasteiger partial charge in [-0.3, -0.25) is 9.69 Å². The molecule has 2 aromatic rings. The first-order chi connectivity index (χ1) is 13.1. The van der Waals surface area contributed by atoms with E-state index in [0.717, 1.165) is 41.1 Å². The second-order valence-corrected chi connectivity index (χ2v) is 6.64. The van der Waals surface area contributed by atoms with Crippen LogP contribution in [0.3, 0.4) is 0 Å². The minimum absolute atomic E-state index is 0.247. The quantitative estimate of drug-likeness (QED) is 0.825. The van der Waals surface area contributed by atoms with Crippen LogP contribution in [0.1, 0.15) is 35.1 Å². The van der Waals surface area contributed by atoms with Gasteiger partial charge in [-0.2, -0.15) is 5.10 Å². The second kappa shape index (κ2) is 6.86. The molecule has 0 spiro atoms.